The van der Waals surface area contributed by atoms with E-state index in [4.69, 9.17) is 17.3 Å². The summed E-state index contributed by atoms with van der Waals surface area (Å²) in [6, 6.07) is 1.72. The van der Waals surface area contributed by atoms with Gasteiger partial charge >= 0.3 is 6.18 Å². The van der Waals surface area contributed by atoms with Crippen molar-refractivity contribution in [3.8, 4) is 0 Å². The number of pyridine rings is 1. The molecule has 41 heavy (non-hydrogen) atoms. The fourth-order valence-corrected chi connectivity index (χ4v) is 5.50. The number of rotatable bonds is 7. The maximum atomic E-state index is 13.7. The highest BCUT2D eigenvalue weighted by Gasteiger charge is 2.38. The fourth-order valence-electron chi connectivity index (χ4n) is 5.22. The SMILES string of the molecule is Cc1[nH]c(/C=C2/C(=O)N(Cc3cc(C(F)(F)F)ccn3)c3nc(N)nc(Cl)c32)c(C)c1C(=O)NCCN1CCCC1. The molecule has 10 nitrogen and oxygen atoms in total. The average molecular weight is 589 g/mol. The highest BCUT2D eigenvalue weighted by molar-refractivity contribution is 6.41. The molecule has 2 aliphatic heterocycles. The zero-order valence-corrected chi connectivity index (χ0v) is 23.2. The number of aromatic amines is 1. The molecule has 1 fully saturated rings. The summed E-state index contributed by atoms with van der Waals surface area (Å²) in [6.07, 6.45) is 0.321. The van der Waals surface area contributed by atoms with E-state index in [1.807, 2.05) is 0 Å². The first kappa shape index (κ1) is 28.6. The average Bonchev–Trinajstić information content (AvgIpc) is 3.58. The van der Waals surface area contributed by atoms with Crippen molar-refractivity contribution in [2.75, 3.05) is 36.8 Å². The molecule has 0 radical (unpaired) electrons. The fraction of sp³-hybridized carbons (Fsp3) is 0.370. The summed E-state index contributed by atoms with van der Waals surface area (Å²) in [7, 11) is 0. The van der Waals surface area contributed by atoms with Crippen LogP contribution in [0.25, 0.3) is 11.6 Å². The number of amides is 2. The number of carbonyl (C=O) groups is 2. The van der Waals surface area contributed by atoms with Crippen LogP contribution in [0.1, 0.15) is 57.0 Å². The van der Waals surface area contributed by atoms with Crippen molar-refractivity contribution in [1.29, 1.82) is 0 Å². The first-order chi connectivity index (χ1) is 19.4. The Kier molecular flexibility index (Phi) is 7.75. The molecule has 0 atom stereocenters. The van der Waals surface area contributed by atoms with E-state index in [1.54, 1.807) is 13.8 Å². The lowest BCUT2D eigenvalue weighted by Crippen LogP contribution is -2.33. The summed E-state index contributed by atoms with van der Waals surface area (Å²) in [5, 5.41) is 2.87. The number of likely N-dealkylation sites (tertiary alicyclic amines) is 1. The van der Waals surface area contributed by atoms with E-state index in [2.05, 4.69) is 30.2 Å². The monoisotopic (exact) mass is 588 g/mol. The minimum atomic E-state index is -4.58. The van der Waals surface area contributed by atoms with Crippen molar-refractivity contribution >= 4 is 46.8 Å². The molecule has 5 rings (SSSR count). The molecular formula is C27H28ClF3N8O2. The summed E-state index contributed by atoms with van der Waals surface area (Å²) < 4.78 is 39.8. The van der Waals surface area contributed by atoms with Gasteiger partial charge in [0.15, 0.2) is 5.82 Å². The topological polar surface area (TPSA) is 133 Å². The van der Waals surface area contributed by atoms with E-state index in [0.29, 0.717) is 29.1 Å². The van der Waals surface area contributed by atoms with Gasteiger partial charge in [-0.1, -0.05) is 11.6 Å². The van der Waals surface area contributed by atoms with Crippen LogP contribution in [0.15, 0.2) is 18.3 Å². The number of aryl methyl sites for hydroxylation is 1. The molecule has 2 amide bonds. The van der Waals surface area contributed by atoms with E-state index in [9.17, 15) is 22.8 Å². The summed E-state index contributed by atoms with van der Waals surface area (Å²) in [4.78, 5) is 45.4. The van der Waals surface area contributed by atoms with Crippen LogP contribution in [0.2, 0.25) is 5.15 Å². The number of nitrogens with zero attached hydrogens (tertiary/aromatic N) is 5. The van der Waals surface area contributed by atoms with Gasteiger partial charge in [0.25, 0.3) is 11.8 Å². The molecular weight excluding hydrogens is 561 g/mol. The summed E-state index contributed by atoms with van der Waals surface area (Å²) in [5.74, 6) is -0.961. The van der Waals surface area contributed by atoms with Crippen LogP contribution in [0.3, 0.4) is 0 Å². The number of anilines is 2. The number of nitrogens with two attached hydrogens (primary N) is 1. The molecule has 5 heterocycles. The van der Waals surface area contributed by atoms with Crippen molar-refractivity contribution in [3.63, 3.8) is 0 Å². The van der Waals surface area contributed by atoms with Crippen molar-refractivity contribution in [2.24, 2.45) is 0 Å². The Hall–Kier alpha value is -3.97. The van der Waals surface area contributed by atoms with Crippen LogP contribution in [-0.4, -0.2) is 62.8 Å². The van der Waals surface area contributed by atoms with Gasteiger partial charge in [0.1, 0.15) is 5.15 Å². The normalized spacial score (nSPS) is 16.6. The predicted octanol–water partition coefficient (Wildman–Crippen LogP) is 3.98. The Labute approximate surface area is 238 Å². The van der Waals surface area contributed by atoms with E-state index >= 15 is 0 Å². The van der Waals surface area contributed by atoms with Gasteiger partial charge in [0.05, 0.1) is 34.5 Å². The van der Waals surface area contributed by atoms with E-state index in [0.717, 1.165) is 42.9 Å². The number of hydrogen-bond acceptors (Lipinski definition) is 7. The van der Waals surface area contributed by atoms with Gasteiger partial charge < -0.3 is 20.9 Å². The zero-order chi connectivity index (χ0) is 29.5. The Morgan fingerprint density at radius 1 is 1.24 bits per heavy atom. The molecule has 0 aromatic carbocycles. The van der Waals surface area contributed by atoms with Crippen LogP contribution < -0.4 is 16.0 Å². The lowest BCUT2D eigenvalue weighted by atomic mass is 10.1. The van der Waals surface area contributed by atoms with Crippen molar-refractivity contribution in [1.82, 2.24) is 30.2 Å². The van der Waals surface area contributed by atoms with Crippen LogP contribution >= 0.6 is 11.6 Å². The molecule has 0 spiro atoms. The largest absolute Gasteiger partial charge is 0.416 e. The number of carbonyl (C=O) groups excluding carboxylic acids is 2. The molecule has 3 aromatic heterocycles. The van der Waals surface area contributed by atoms with E-state index < -0.39 is 17.6 Å². The maximum Gasteiger partial charge on any atom is 0.416 e. The predicted molar refractivity (Wildman–Crippen MR) is 148 cm³/mol. The number of nitrogens with one attached hydrogen (secondary N) is 2. The molecule has 14 heteroatoms. The molecule has 1 saturated heterocycles. The minimum absolute atomic E-state index is 0.00605. The lowest BCUT2D eigenvalue weighted by Gasteiger charge is -2.16. The van der Waals surface area contributed by atoms with Gasteiger partial charge in [0, 0.05) is 30.7 Å². The third-order valence-electron chi connectivity index (χ3n) is 7.23. The van der Waals surface area contributed by atoms with Gasteiger partial charge in [-0.2, -0.15) is 18.2 Å². The summed E-state index contributed by atoms with van der Waals surface area (Å²) in [5.41, 5.74) is 7.36. The van der Waals surface area contributed by atoms with Gasteiger partial charge in [-0.25, -0.2) is 4.98 Å². The van der Waals surface area contributed by atoms with Crippen LogP contribution in [-0.2, 0) is 17.5 Å². The number of hydrogen-bond donors (Lipinski definition) is 3. The van der Waals surface area contributed by atoms with Crippen LogP contribution in [0.4, 0.5) is 24.9 Å². The standard InChI is InChI=1S/C27H28ClF3N8O2/c1-14-19(35-15(2)20(14)24(40)34-7-10-38-8-3-4-9-38)12-18-21-22(28)36-26(32)37-23(21)39(25(18)41)13-17-11-16(5-6-33-17)27(29,30)31/h5-6,11-12,35H,3-4,7-10,13H2,1-2H3,(H,34,40)(H2,32,36,37)/b18-12+. The minimum Gasteiger partial charge on any atom is -0.368 e. The third kappa shape index (κ3) is 5.77. The molecule has 0 aliphatic carbocycles. The second-order valence-electron chi connectivity index (χ2n) is 10.0. The maximum absolute atomic E-state index is 13.7. The quantitative estimate of drug-likeness (QED) is 0.281. The third-order valence-corrected chi connectivity index (χ3v) is 7.51. The summed E-state index contributed by atoms with van der Waals surface area (Å²) in [6.45, 7) is 6.56. The molecule has 216 valence electrons. The first-order valence-electron chi connectivity index (χ1n) is 13.0. The number of fused-ring (bicyclic) bond motifs is 1. The molecule has 4 N–H and O–H groups in total. The van der Waals surface area contributed by atoms with Gasteiger partial charge in [-0.05, 0) is 63.6 Å². The van der Waals surface area contributed by atoms with E-state index in [-0.39, 0.29) is 46.2 Å². The Bertz CT molecular complexity index is 1550. The second-order valence-corrected chi connectivity index (χ2v) is 10.4. The second kappa shape index (κ2) is 11.1. The Balaban J connectivity index is 1.45. The molecule has 2 aliphatic rings. The summed E-state index contributed by atoms with van der Waals surface area (Å²) >= 11 is 6.40. The molecule has 0 unspecified atom stereocenters. The van der Waals surface area contributed by atoms with Gasteiger partial charge in [0.2, 0.25) is 5.95 Å². The zero-order valence-electron chi connectivity index (χ0n) is 22.4. The van der Waals surface area contributed by atoms with Gasteiger partial charge in [-0.15, -0.1) is 0 Å². The number of nitrogen functional groups attached to an aromatic ring is 1. The van der Waals surface area contributed by atoms with E-state index in [1.165, 1.54) is 18.9 Å². The molecule has 0 bridgehead atoms. The van der Waals surface area contributed by atoms with Crippen molar-refractivity contribution < 1.29 is 22.8 Å². The molecule has 3 aromatic rings. The lowest BCUT2D eigenvalue weighted by molar-refractivity contribution is -0.137. The Morgan fingerprint density at radius 2 is 1.98 bits per heavy atom. The number of alkyl halides is 3. The van der Waals surface area contributed by atoms with Crippen LogP contribution in [0, 0.1) is 13.8 Å². The highest BCUT2D eigenvalue weighted by atomic mass is 35.5. The Morgan fingerprint density at radius 3 is 2.68 bits per heavy atom. The molecule has 0 saturated carbocycles. The smallest absolute Gasteiger partial charge is 0.368 e. The number of aromatic nitrogens is 4. The van der Waals surface area contributed by atoms with Crippen molar-refractivity contribution in [2.45, 2.75) is 39.4 Å². The van der Waals surface area contributed by atoms with Crippen LogP contribution in [0.5, 0.6) is 0 Å². The number of halogens is 4. The first-order valence-corrected chi connectivity index (χ1v) is 13.4. The number of H-pyrrole nitrogens is 1. The van der Waals surface area contributed by atoms with Crippen molar-refractivity contribution in [3.05, 3.63) is 62.8 Å². The highest BCUT2D eigenvalue weighted by Crippen LogP contribution is 2.42. The van der Waals surface area contributed by atoms with Gasteiger partial charge in [-0.3, -0.25) is 19.5 Å².